The van der Waals surface area contributed by atoms with Gasteiger partial charge in [0.1, 0.15) is 0 Å². The Bertz CT molecular complexity index is 1310. The first-order valence-electron chi connectivity index (χ1n) is 11.5. The quantitative estimate of drug-likeness (QED) is 0.369. The van der Waals surface area contributed by atoms with Gasteiger partial charge in [-0.05, 0) is 59.9 Å². The molecule has 0 atom stereocenters. The van der Waals surface area contributed by atoms with Gasteiger partial charge in [0.05, 0.1) is 11.2 Å². The number of aliphatic hydroxyl groups is 1. The minimum Gasteiger partial charge on any atom is -0.385 e. The number of likely N-dealkylation sites (tertiary alicyclic amines) is 1. The second kappa shape index (κ2) is 10.5. The number of piperidine rings is 1. The monoisotopic (exact) mass is 572 g/mol. The van der Waals surface area contributed by atoms with Gasteiger partial charge >= 0.3 is 12.2 Å². The summed E-state index contributed by atoms with van der Waals surface area (Å²) in [5, 5.41) is 13.4. The van der Waals surface area contributed by atoms with Crippen LogP contribution in [0, 0.1) is 0 Å². The summed E-state index contributed by atoms with van der Waals surface area (Å²) in [6, 6.07) is 16.0. The molecule has 3 aromatic rings. The summed E-state index contributed by atoms with van der Waals surface area (Å²) in [5.74, 6) is -0.683. The van der Waals surface area contributed by atoms with Crippen LogP contribution in [0.2, 0.25) is 0 Å². The molecule has 3 aromatic carbocycles. The highest BCUT2D eigenvalue weighted by atomic mass is 79.9. The first-order chi connectivity index (χ1) is 17.5. The fraction of sp³-hybridized carbons (Fsp3) is 0.214. The zero-order valence-corrected chi connectivity index (χ0v) is 21.3. The largest absolute Gasteiger partial charge is 0.416 e. The predicted molar refractivity (Wildman–Crippen MR) is 139 cm³/mol. The van der Waals surface area contributed by atoms with Crippen molar-refractivity contribution in [3.63, 3.8) is 0 Å². The summed E-state index contributed by atoms with van der Waals surface area (Å²) in [7, 11) is 0. The minimum absolute atomic E-state index is 0.133. The van der Waals surface area contributed by atoms with E-state index in [9.17, 15) is 27.9 Å². The Kier molecular flexibility index (Phi) is 7.57. The average molecular weight is 573 g/mol. The number of nitrogens with one attached hydrogen (secondary N) is 1. The normalized spacial score (nSPS) is 15.2. The molecule has 3 amide bonds. The second-order valence-corrected chi connectivity index (χ2v) is 9.75. The molecule has 0 radical (unpaired) electrons. The van der Waals surface area contributed by atoms with Crippen LogP contribution >= 0.6 is 15.9 Å². The van der Waals surface area contributed by atoms with Gasteiger partial charge in [-0.1, -0.05) is 65.0 Å². The molecule has 1 heterocycles. The molecule has 0 spiro atoms. The molecule has 0 bridgehead atoms. The van der Waals surface area contributed by atoms with Crippen molar-refractivity contribution in [2.24, 2.45) is 0 Å². The maximum absolute atomic E-state index is 13.1. The number of hydrogen-bond acceptors (Lipinski definition) is 3. The molecule has 1 fully saturated rings. The summed E-state index contributed by atoms with van der Waals surface area (Å²) in [5.41, 5.74) is 0.316. The number of urea groups is 1. The number of rotatable bonds is 4. The maximum atomic E-state index is 13.1. The van der Waals surface area contributed by atoms with Crippen LogP contribution in [0.1, 0.15) is 39.9 Å². The molecule has 4 rings (SSSR count). The van der Waals surface area contributed by atoms with Crippen LogP contribution in [0.5, 0.6) is 0 Å². The van der Waals surface area contributed by atoms with Crippen LogP contribution < -0.4 is 5.32 Å². The number of imide groups is 1. The molecule has 5 nitrogen and oxygen atoms in total. The van der Waals surface area contributed by atoms with Gasteiger partial charge < -0.3 is 10.0 Å². The van der Waals surface area contributed by atoms with E-state index in [1.165, 1.54) is 29.2 Å². The molecule has 2 N–H and O–H groups in total. The third-order valence-electron chi connectivity index (χ3n) is 6.54. The zero-order chi connectivity index (χ0) is 26.8. The van der Waals surface area contributed by atoms with Crippen LogP contribution in [0.15, 0.2) is 77.8 Å². The number of alkyl halides is 3. The maximum Gasteiger partial charge on any atom is 0.416 e. The molecular formula is C28H24BrF3N2O3. The fourth-order valence-corrected chi connectivity index (χ4v) is 4.71. The number of carbonyl (C=O) groups is 2. The Morgan fingerprint density at radius 3 is 2.19 bits per heavy atom. The molecule has 37 heavy (non-hydrogen) atoms. The van der Waals surface area contributed by atoms with Crippen molar-refractivity contribution in [3.05, 3.63) is 100 Å². The van der Waals surface area contributed by atoms with Crippen molar-refractivity contribution in [1.29, 1.82) is 0 Å². The number of benzene rings is 3. The lowest BCUT2D eigenvalue weighted by Gasteiger charge is -2.38. The number of hydrogen-bond donors (Lipinski definition) is 2. The highest BCUT2D eigenvalue weighted by Crippen LogP contribution is 2.35. The van der Waals surface area contributed by atoms with Gasteiger partial charge in [0, 0.05) is 28.7 Å². The van der Waals surface area contributed by atoms with Gasteiger partial charge in [0.15, 0.2) is 0 Å². The van der Waals surface area contributed by atoms with Crippen LogP contribution in [-0.2, 0) is 11.8 Å². The van der Waals surface area contributed by atoms with Gasteiger partial charge in [-0.15, -0.1) is 0 Å². The SMILES string of the molecule is C=Cc1cccc(C(=O)NC(=O)N2CCC(O)(c3ccc(Br)cc3)CC2)c1-c1ccc(C(F)(F)F)cc1. The van der Waals surface area contributed by atoms with E-state index in [1.807, 2.05) is 24.3 Å². The van der Waals surface area contributed by atoms with Gasteiger partial charge in [-0.2, -0.15) is 13.2 Å². The summed E-state index contributed by atoms with van der Waals surface area (Å²) >= 11 is 3.37. The summed E-state index contributed by atoms with van der Waals surface area (Å²) in [6.45, 7) is 4.22. The van der Waals surface area contributed by atoms with E-state index in [0.717, 1.165) is 22.2 Å². The molecule has 1 aliphatic rings. The highest BCUT2D eigenvalue weighted by molar-refractivity contribution is 9.10. The third kappa shape index (κ3) is 5.78. The standard InChI is InChI=1S/C28H24BrF3N2O3/c1-2-18-4-3-5-23(24(18)19-6-8-21(9-7-19)28(30,31)32)25(35)33-26(36)34-16-14-27(37,15-17-34)20-10-12-22(29)13-11-20/h2-13,37H,1,14-17H2,(H,33,35,36). The lowest BCUT2D eigenvalue weighted by Crippen LogP contribution is -2.50. The van der Waals surface area contributed by atoms with E-state index in [-0.39, 0.29) is 18.7 Å². The zero-order valence-electron chi connectivity index (χ0n) is 19.7. The second-order valence-electron chi connectivity index (χ2n) is 8.83. The lowest BCUT2D eigenvalue weighted by molar-refractivity contribution is -0.137. The average Bonchev–Trinajstić information content (AvgIpc) is 2.88. The topological polar surface area (TPSA) is 69.6 Å². The molecule has 1 aliphatic heterocycles. The van der Waals surface area contributed by atoms with E-state index in [1.54, 1.807) is 12.1 Å². The molecular weight excluding hydrogens is 549 g/mol. The van der Waals surface area contributed by atoms with Crippen molar-refractivity contribution in [3.8, 4) is 11.1 Å². The number of halogens is 4. The molecule has 0 aliphatic carbocycles. The van der Waals surface area contributed by atoms with Gasteiger partial charge in [-0.25, -0.2) is 4.79 Å². The van der Waals surface area contributed by atoms with E-state index in [0.29, 0.717) is 29.5 Å². The van der Waals surface area contributed by atoms with Crippen LogP contribution in [0.25, 0.3) is 17.2 Å². The Morgan fingerprint density at radius 1 is 1.00 bits per heavy atom. The molecule has 0 unspecified atom stereocenters. The summed E-state index contributed by atoms with van der Waals surface area (Å²) < 4.78 is 39.9. The Labute approximate surface area is 220 Å². The smallest absolute Gasteiger partial charge is 0.385 e. The number of carbonyl (C=O) groups excluding carboxylic acids is 2. The van der Waals surface area contributed by atoms with Crippen molar-refractivity contribution in [1.82, 2.24) is 10.2 Å². The summed E-state index contributed by atoms with van der Waals surface area (Å²) in [4.78, 5) is 27.5. The van der Waals surface area contributed by atoms with Gasteiger partial charge in [0.25, 0.3) is 5.91 Å². The first-order valence-corrected chi connectivity index (χ1v) is 12.3. The predicted octanol–water partition coefficient (Wildman–Crippen LogP) is 6.61. The van der Waals surface area contributed by atoms with Crippen molar-refractivity contribution < 1.29 is 27.9 Å². The highest BCUT2D eigenvalue weighted by Gasteiger charge is 2.36. The number of nitrogens with zero attached hydrogens (tertiary/aromatic N) is 1. The van der Waals surface area contributed by atoms with E-state index in [4.69, 9.17) is 0 Å². The fourth-order valence-electron chi connectivity index (χ4n) is 4.45. The number of amides is 3. The lowest BCUT2D eigenvalue weighted by atomic mass is 9.84. The Morgan fingerprint density at radius 2 is 1.62 bits per heavy atom. The molecule has 0 saturated carbocycles. The van der Waals surface area contributed by atoms with E-state index >= 15 is 0 Å². The van der Waals surface area contributed by atoms with Crippen LogP contribution in [0.3, 0.4) is 0 Å². The van der Waals surface area contributed by atoms with Crippen LogP contribution in [-0.4, -0.2) is 35.0 Å². The first kappa shape index (κ1) is 26.6. The van der Waals surface area contributed by atoms with E-state index < -0.39 is 29.3 Å². The summed E-state index contributed by atoms with van der Waals surface area (Å²) in [6.07, 6.45) is -2.38. The molecule has 1 saturated heterocycles. The third-order valence-corrected chi connectivity index (χ3v) is 7.07. The molecule has 0 aromatic heterocycles. The van der Waals surface area contributed by atoms with E-state index in [2.05, 4.69) is 27.8 Å². The molecule has 192 valence electrons. The Hall–Kier alpha value is -3.43. The minimum atomic E-state index is -4.49. The van der Waals surface area contributed by atoms with Gasteiger partial charge in [-0.3, -0.25) is 10.1 Å². The van der Waals surface area contributed by atoms with Crippen molar-refractivity contribution >= 4 is 33.9 Å². The molecule has 9 heteroatoms. The van der Waals surface area contributed by atoms with Crippen molar-refractivity contribution in [2.75, 3.05) is 13.1 Å². The Balaban J connectivity index is 1.50. The van der Waals surface area contributed by atoms with Crippen molar-refractivity contribution in [2.45, 2.75) is 24.6 Å². The van der Waals surface area contributed by atoms with Crippen LogP contribution in [0.4, 0.5) is 18.0 Å². The van der Waals surface area contributed by atoms with Gasteiger partial charge in [0.2, 0.25) is 0 Å².